The van der Waals surface area contributed by atoms with E-state index in [9.17, 15) is 4.79 Å². The Labute approximate surface area is 140 Å². The molecular weight excluding hydrogens is 300 g/mol. The first-order chi connectivity index (χ1) is 11.8. The van der Waals surface area contributed by atoms with E-state index in [0.29, 0.717) is 6.61 Å². The molecule has 3 aromatic rings. The number of carbonyl (C=O) groups is 1. The van der Waals surface area contributed by atoms with Crippen LogP contribution in [0.15, 0.2) is 73.1 Å². The van der Waals surface area contributed by atoms with E-state index in [0.717, 1.165) is 22.3 Å². The third kappa shape index (κ3) is 3.43. The van der Waals surface area contributed by atoms with Gasteiger partial charge in [-0.1, -0.05) is 30.4 Å². The number of hydrogen-bond acceptors (Lipinski definition) is 3. The third-order valence-electron chi connectivity index (χ3n) is 3.54. The van der Waals surface area contributed by atoms with E-state index in [1.165, 1.54) is 6.08 Å². The van der Waals surface area contributed by atoms with Crippen molar-refractivity contribution < 1.29 is 9.53 Å². The molecule has 24 heavy (non-hydrogen) atoms. The second-order valence-corrected chi connectivity index (χ2v) is 5.14. The summed E-state index contributed by atoms with van der Waals surface area (Å²) < 4.78 is 7.00. The van der Waals surface area contributed by atoms with E-state index in [1.807, 2.05) is 42.6 Å². The second kappa shape index (κ2) is 7.42. The Hall–Kier alpha value is -3.14. The van der Waals surface area contributed by atoms with Crippen molar-refractivity contribution in [3.05, 3.63) is 78.8 Å². The number of nitrogens with zero attached hydrogens (tertiary/aromatic N) is 2. The average Bonchev–Trinajstić information content (AvgIpc) is 2.98. The summed E-state index contributed by atoms with van der Waals surface area (Å²) in [5.41, 5.74) is 3.12. The van der Waals surface area contributed by atoms with Crippen molar-refractivity contribution >= 4 is 22.9 Å². The van der Waals surface area contributed by atoms with Crippen LogP contribution < -0.4 is 0 Å². The highest BCUT2D eigenvalue weighted by Gasteiger charge is 2.07. The number of esters is 1. The summed E-state index contributed by atoms with van der Waals surface area (Å²) in [6.07, 6.45) is 10.5. The van der Waals surface area contributed by atoms with E-state index in [2.05, 4.69) is 27.8 Å². The fraction of sp³-hybridized carbons (Fsp3) is 0.100. The molecule has 0 spiro atoms. The topological polar surface area (TPSA) is 44.1 Å². The van der Waals surface area contributed by atoms with Crippen LogP contribution in [-0.4, -0.2) is 22.1 Å². The number of fused-ring (bicyclic) bond motifs is 1. The van der Waals surface area contributed by atoms with Crippen LogP contribution in [0, 0.1) is 0 Å². The highest BCUT2D eigenvalue weighted by molar-refractivity contribution is 5.86. The summed E-state index contributed by atoms with van der Waals surface area (Å²) in [6, 6.07) is 14.2. The maximum atomic E-state index is 11.3. The first-order valence-corrected chi connectivity index (χ1v) is 7.82. The molecule has 0 amide bonds. The molecule has 0 atom stereocenters. The summed E-state index contributed by atoms with van der Waals surface area (Å²) >= 11 is 0. The Morgan fingerprint density at radius 3 is 2.88 bits per heavy atom. The molecule has 3 rings (SSSR count). The monoisotopic (exact) mass is 318 g/mol. The summed E-state index contributed by atoms with van der Waals surface area (Å²) in [5.74, 6) is -0.338. The maximum absolute atomic E-state index is 11.3. The minimum Gasteiger partial charge on any atom is -0.463 e. The van der Waals surface area contributed by atoms with Crippen LogP contribution in [0.5, 0.6) is 0 Å². The Morgan fingerprint density at radius 1 is 1.21 bits per heavy atom. The quantitative estimate of drug-likeness (QED) is 0.403. The molecule has 0 unspecified atom stereocenters. The van der Waals surface area contributed by atoms with Crippen molar-refractivity contribution in [1.82, 2.24) is 9.55 Å². The van der Waals surface area contributed by atoms with Crippen molar-refractivity contribution in [2.75, 3.05) is 6.61 Å². The predicted molar refractivity (Wildman–Crippen MR) is 95.9 cm³/mol. The van der Waals surface area contributed by atoms with Crippen LogP contribution in [0.25, 0.3) is 22.7 Å². The van der Waals surface area contributed by atoms with Gasteiger partial charge in [0.15, 0.2) is 0 Å². The normalized spacial score (nSPS) is 11.5. The summed E-state index contributed by atoms with van der Waals surface area (Å²) in [6.45, 7) is 2.16. The standard InChI is InChI=1S/C20H18N2O2/c1-2-24-20(23)12-6-4-9-17-14-16-8-3-5-11-19(16)22(17)18-10-7-13-21-15-18/h3-15H,2H2,1H3/b9-4+,12-6+. The highest BCUT2D eigenvalue weighted by Crippen LogP contribution is 2.24. The number of hydrogen-bond donors (Lipinski definition) is 0. The van der Waals surface area contributed by atoms with Gasteiger partial charge in [0, 0.05) is 23.4 Å². The Balaban J connectivity index is 1.97. The minimum absolute atomic E-state index is 0.338. The van der Waals surface area contributed by atoms with Gasteiger partial charge in [-0.2, -0.15) is 0 Å². The molecule has 0 saturated heterocycles. The SMILES string of the molecule is CCOC(=O)/C=C/C=C/c1cc2ccccc2n1-c1cccnc1. The van der Waals surface area contributed by atoms with Gasteiger partial charge in [0.25, 0.3) is 0 Å². The van der Waals surface area contributed by atoms with E-state index in [1.54, 1.807) is 19.2 Å². The lowest BCUT2D eigenvalue weighted by Gasteiger charge is -2.07. The van der Waals surface area contributed by atoms with Gasteiger partial charge in [-0.25, -0.2) is 4.79 Å². The zero-order valence-electron chi connectivity index (χ0n) is 13.4. The smallest absolute Gasteiger partial charge is 0.330 e. The molecule has 0 saturated carbocycles. The van der Waals surface area contributed by atoms with Gasteiger partial charge < -0.3 is 9.30 Å². The molecule has 2 heterocycles. The molecule has 0 aliphatic carbocycles. The van der Waals surface area contributed by atoms with Gasteiger partial charge >= 0.3 is 5.97 Å². The van der Waals surface area contributed by atoms with Gasteiger partial charge in [0.2, 0.25) is 0 Å². The molecule has 2 aromatic heterocycles. The lowest BCUT2D eigenvalue weighted by atomic mass is 10.2. The summed E-state index contributed by atoms with van der Waals surface area (Å²) in [5, 5.41) is 1.15. The van der Waals surface area contributed by atoms with Crippen molar-refractivity contribution in [2.24, 2.45) is 0 Å². The van der Waals surface area contributed by atoms with E-state index in [4.69, 9.17) is 4.74 Å². The Kier molecular flexibility index (Phi) is 4.87. The second-order valence-electron chi connectivity index (χ2n) is 5.14. The van der Waals surface area contributed by atoms with Crippen LogP contribution in [0.4, 0.5) is 0 Å². The van der Waals surface area contributed by atoms with Gasteiger partial charge in [0.05, 0.1) is 24.0 Å². The molecule has 0 N–H and O–H groups in total. The summed E-state index contributed by atoms with van der Waals surface area (Å²) in [7, 11) is 0. The number of allylic oxidation sites excluding steroid dienone is 2. The fourth-order valence-electron chi connectivity index (χ4n) is 2.55. The van der Waals surface area contributed by atoms with Crippen molar-refractivity contribution in [2.45, 2.75) is 6.92 Å². The third-order valence-corrected chi connectivity index (χ3v) is 3.54. The van der Waals surface area contributed by atoms with Crippen LogP contribution in [0.3, 0.4) is 0 Å². The number of ether oxygens (including phenoxy) is 1. The van der Waals surface area contributed by atoms with Gasteiger partial charge in [-0.05, 0) is 37.3 Å². The summed E-state index contributed by atoms with van der Waals surface area (Å²) in [4.78, 5) is 15.5. The van der Waals surface area contributed by atoms with Crippen molar-refractivity contribution in [3.63, 3.8) is 0 Å². The highest BCUT2D eigenvalue weighted by atomic mass is 16.5. The predicted octanol–water partition coefficient (Wildman–Crippen LogP) is 4.16. The lowest BCUT2D eigenvalue weighted by Crippen LogP contribution is -1.98. The van der Waals surface area contributed by atoms with E-state index < -0.39 is 0 Å². The molecule has 0 radical (unpaired) electrons. The van der Waals surface area contributed by atoms with Crippen molar-refractivity contribution in [1.29, 1.82) is 0 Å². The van der Waals surface area contributed by atoms with Crippen LogP contribution in [-0.2, 0) is 9.53 Å². The molecule has 4 nitrogen and oxygen atoms in total. The molecule has 0 aliphatic rings. The Morgan fingerprint density at radius 2 is 2.08 bits per heavy atom. The number of rotatable bonds is 5. The lowest BCUT2D eigenvalue weighted by molar-refractivity contribution is -0.137. The largest absolute Gasteiger partial charge is 0.463 e. The molecular formula is C20H18N2O2. The van der Waals surface area contributed by atoms with Gasteiger partial charge in [-0.3, -0.25) is 4.98 Å². The zero-order valence-corrected chi connectivity index (χ0v) is 13.4. The molecule has 120 valence electrons. The molecule has 1 aromatic carbocycles. The number of benzene rings is 1. The number of carbonyl (C=O) groups excluding carboxylic acids is 1. The first-order valence-electron chi connectivity index (χ1n) is 7.82. The molecule has 0 fully saturated rings. The van der Waals surface area contributed by atoms with Crippen LogP contribution in [0.2, 0.25) is 0 Å². The number of pyridine rings is 1. The zero-order chi connectivity index (χ0) is 16.8. The molecule has 0 bridgehead atoms. The van der Waals surface area contributed by atoms with Crippen LogP contribution >= 0.6 is 0 Å². The maximum Gasteiger partial charge on any atom is 0.330 e. The van der Waals surface area contributed by atoms with E-state index in [-0.39, 0.29) is 5.97 Å². The average molecular weight is 318 g/mol. The number of para-hydroxylation sites is 1. The number of aromatic nitrogens is 2. The van der Waals surface area contributed by atoms with Gasteiger partial charge in [-0.15, -0.1) is 0 Å². The molecule has 4 heteroatoms. The molecule has 0 aliphatic heterocycles. The van der Waals surface area contributed by atoms with Crippen LogP contribution in [0.1, 0.15) is 12.6 Å². The minimum atomic E-state index is -0.338. The van der Waals surface area contributed by atoms with Crippen molar-refractivity contribution in [3.8, 4) is 5.69 Å². The first kappa shape index (κ1) is 15.7. The fourth-order valence-corrected chi connectivity index (χ4v) is 2.55. The van der Waals surface area contributed by atoms with E-state index >= 15 is 0 Å². The van der Waals surface area contributed by atoms with Gasteiger partial charge in [0.1, 0.15) is 0 Å². The Bertz CT molecular complexity index is 892.